The standard InChI is InChI=1S/C7H5F3N2O/c1-4(13)5-6(7(8,9)10)12-3-2-11-5/h2-3H,1H3. The Morgan fingerprint density at radius 2 is 1.85 bits per heavy atom. The van der Waals surface area contributed by atoms with E-state index < -0.39 is 23.3 Å². The fraction of sp³-hybridized carbons (Fsp3) is 0.286. The maximum Gasteiger partial charge on any atom is 0.435 e. The third-order valence-electron chi connectivity index (χ3n) is 1.30. The summed E-state index contributed by atoms with van der Waals surface area (Å²) in [6.07, 6.45) is -2.68. The summed E-state index contributed by atoms with van der Waals surface area (Å²) in [5.41, 5.74) is -1.88. The van der Waals surface area contributed by atoms with Gasteiger partial charge in [0.1, 0.15) is 5.69 Å². The lowest BCUT2D eigenvalue weighted by Gasteiger charge is -2.07. The molecule has 0 aliphatic heterocycles. The number of ketones is 1. The van der Waals surface area contributed by atoms with Gasteiger partial charge in [0.05, 0.1) is 0 Å². The van der Waals surface area contributed by atoms with E-state index in [1.165, 1.54) is 0 Å². The number of aromatic nitrogens is 2. The van der Waals surface area contributed by atoms with Crippen molar-refractivity contribution in [3.63, 3.8) is 0 Å². The van der Waals surface area contributed by atoms with Gasteiger partial charge in [0, 0.05) is 19.3 Å². The van der Waals surface area contributed by atoms with Crippen molar-refractivity contribution in [3.8, 4) is 0 Å². The average molecular weight is 190 g/mol. The molecule has 0 bridgehead atoms. The molecule has 0 unspecified atom stereocenters. The molecule has 1 aromatic heterocycles. The van der Waals surface area contributed by atoms with Crippen LogP contribution in [-0.4, -0.2) is 15.8 Å². The quantitative estimate of drug-likeness (QED) is 0.633. The van der Waals surface area contributed by atoms with Crippen molar-refractivity contribution in [2.45, 2.75) is 13.1 Å². The van der Waals surface area contributed by atoms with Crippen LogP contribution in [0.1, 0.15) is 23.1 Å². The summed E-state index contributed by atoms with van der Waals surface area (Å²) in [7, 11) is 0. The number of carbonyl (C=O) groups is 1. The highest BCUT2D eigenvalue weighted by atomic mass is 19.4. The average Bonchev–Trinajstić information content (AvgIpc) is 2.03. The minimum atomic E-state index is -4.63. The van der Waals surface area contributed by atoms with E-state index in [0.717, 1.165) is 19.3 Å². The molecule has 0 spiro atoms. The van der Waals surface area contributed by atoms with E-state index in [-0.39, 0.29) is 0 Å². The number of alkyl halides is 3. The van der Waals surface area contributed by atoms with Gasteiger partial charge in [0.15, 0.2) is 11.5 Å². The number of halogens is 3. The molecule has 0 saturated carbocycles. The van der Waals surface area contributed by atoms with E-state index in [4.69, 9.17) is 0 Å². The first-order valence-electron chi connectivity index (χ1n) is 3.32. The Hall–Kier alpha value is -1.46. The number of hydrogen-bond acceptors (Lipinski definition) is 3. The molecule has 0 radical (unpaired) electrons. The van der Waals surface area contributed by atoms with Crippen molar-refractivity contribution in [1.29, 1.82) is 0 Å². The Kier molecular flexibility index (Phi) is 2.31. The second-order valence-electron chi connectivity index (χ2n) is 2.31. The molecule has 3 nitrogen and oxygen atoms in total. The highest BCUT2D eigenvalue weighted by molar-refractivity contribution is 5.93. The molecule has 13 heavy (non-hydrogen) atoms. The normalized spacial score (nSPS) is 11.4. The predicted molar refractivity (Wildman–Crippen MR) is 37.0 cm³/mol. The molecule has 70 valence electrons. The summed E-state index contributed by atoms with van der Waals surface area (Å²) in [5, 5.41) is 0. The van der Waals surface area contributed by atoms with Crippen LogP contribution >= 0.6 is 0 Å². The van der Waals surface area contributed by atoms with Crippen LogP contribution in [-0.2, 0) is 6.18 Å². The van der Waals surface area contributed by atoms with Crippen molar-refractivity contribution in [1.82, 2.24) is 9.97 Å². The molecular weight excluding hydrogens is 185 g/mol. The second kappa shape index (κ2) is 3.12. The molecular formula is C7H5F3N2O. The molecule has 0 amide bonds. The lowest BCUT2D eigenvalue weighted by Crippen LogP contribution is -2.15. The van der Waals surface area contributed by atoms with Crippen molar-refractivity contribution >= 4 is 5.78 Å². The first-order valence-corrected chi connectivity index (χ1v) is 3.32. The predicted octanol–water partition coefficient (Wildman–Crippen LogP) is 1.70. The molecule has 0 atom stereocenters. The van der Waals surface area contributed by atoms with Crippen LogP contribution in [0.4, 0.5) is 13.2 Å². The van der Waals surface area contributed by atoms with Gasteiger partial charge in [-0.1, -0.05) is 0 Å². The van der Waals surface area contributed by atoms with E-state index in [9.17, 15) is 18.0 Å². The van der Waals surface area contributed by atoms with Gasteiger partial charge in [-0.05, 0) is 0 Å². The van der Waals surface area contributed by atoms with Gasteiger partial charge >= 0.3 is 6.18 Å². The minimum Gasteiger partial charge on any atom is -0.293 e. The smallest absolute Gasteiger partial charge is 0.293 e. The zero-order valence-corrected chi connectivity index (χ0v) is 6.59. The van der Waals surface area contributed by atoms with Gasteiger partial charge in [-0.2, -0.15) is 13.2 Å². The molecule has 0 N–H and O–H groups in total. The van der Waals surface area contributed by atoms with Crippen LogP contribution in [0.15, 0.2) is 12.4 Å². The largest absolute Gasteiger partial charge is 0.435 e. The van der Waals surface area contributed by atoms with Gasteiger partial charge in [0.25, 0.3) is 0 Å². The SMILES string of the molecule is CC(=O)c1nccnc1C(F)(F)F. The molecule has 1 aromatic rings. The van der Waals surface area contributed by atoms with E-state index in [1.54, 1.807) is 0 Å². The van der Waals surface area contributed by atoms with E-state index >= 15 is 0 Å². The van der Waals surface area contributed by atoms with Gasteiger partial charge in [-0.3, -0.25) is 4.79 Å². The zero-order valence-electron chi connectivity index (χ0n) is 6.59. The van der Waals surface area contributed by atoms with Crippen molar-refractivity contribution in [3.05, 3.63) is 23.8 Å². The summed E-state index contributed by atoms with van der Waals surface area (Å²) in [4.78, 5) is 17.1. The minimum absolute atomic E-state index is 0.644. The molecule has 1 rings (SSSR count). The summed E-state index contributed by atoms with van der Waals surface area (Å²) in [6.45, 7) is 1.01. The van der Waals surface area contributed by atoms with Crippen LogP contribution in [0.5, 0.6) is 0 Å². The first-order chi connectivity index (χ1) is 5.93. The Bertz CT molecular complexity index is 335. The summed E-state index contributed by atoms with van der Waals surface area (Å²) >= 11 is 0. The third kappa shape index (κ3) is 2.01. The molecule has 6 heteroatoms. The molecule has 1 heterocycles. The lowest BCUT2D eigenvalue weighted by atomic mass is 10.2. The van der Waals surface area contributed by atoms with Crippen molar-refractivity contribution < 1.29 is 18.0 Å². The van der Waals surface area contributed by atoms with Crippen LogP contribution in [0.2, 0.25) is 0 Å². The zero-order chi connectivity index (χ0) is 10.1. The fourth-order valence-electron chi connectivity index (χ4n) is 0.803. The topological polar surface area (TPSA) is 42.9 Å². The van der Waals surface area contributed by atoms with Gasteiger partial charge in [-0.25, -0.2) is 9.97 Å². The number of rotatable bonds is 1. The first kappa shape index (κ1) is 9.63. The Balaban J connectivity index is 3.28. The Labute approximate surface area is 71.6 Å². The van der Waals surface area contributed by atoms with Crippen molar-refractivity contribution in [2.75, 3.05) is 0 Å². The number of Topliss-reactive ketones (excluding diaryl/α,β-unsaturated/α-hetero) is 1. The molecule has 0 fully saturated rings. The maximum atomic E-state index is 12.2. The van der Waals surface area contributed by atoms with Gasteiger partial charge < -0.3 is 0 Å². The lowest BCUT2D eigenvalue weighted by molar-refractivity contribution is -0.141. The van der Waals surface area contributed by atoms with Crippen LogP contribution < -0.4 is 0 Å². The van der Waals surface area contributed by atoms with E-state index in [1.807, 2.05) is 0 Å². The molecule has 0 aliphatic carbocycles. The fourth-order valence-corrected chi connectivity index (χ4v) is 0.803. The van der Waals surface area contributed by atoms with Crippen LogP contribution in [0, 0.1) is 0 Å². The van der Waals surface area contributed by atoms with Gasteiger partial charge in [0.2, 0.25) is 0 Å². The van der Waals surface area contributed by atoms with Crippen LogP contribution in [0.25, 0.3) is 0 Å². The van der Waals surface area contributed by atoms with E-state index in [0.29, 0.717) is 0 Å². The van der Waals surface area contributed by atoms with Crippen LogP contribution in [0.3, 0.4) is 0 Å². The Morgan fingerprint density at radius 3 is 2.23 bits per heavy atom. The Morgan fingerprint density at radius 1 is 1.31 bits per heavy atom. The molecule has 0 aliphatic rings. The number of nitrogens with zero attached hydrogens (tertiary/aromatic N) is 2. The third-order valence-corrected chi connectivity index (χ3v) is 1.30. The van der Waals surface area contributed by atoms with E-state index in [2.05, 4.69) is 9.97 Å². The maximum absolute atomic E-state index is 12.2. The monoisotopic (exact) mass is 190 g/mol. The number of carbonyl (C=O) groups excluding carboxylic acids is 1. The molecule has 0 aromatic carbocycles. The highest BCUT2D eigenvalue weighted by Gasteiger charge is 2.37. The highest BCUT2D eigenvalue weighted by Crippen LogP contribution is 2.29. The summed E-state index contributed by atoms with van der Waals surface area (Å²) in [5.74, 6) is -0.750. The number of hydrogen-bond donors (Lipinski definition) is 0. The second-order valence-corrected chi connectivity index (χ2v) is 2.31. The van der Waals surface area contributed by atoms with Crippen molar-refractivity contribution in [2.24, 2.45) is 0 Å². The molecule has 0 saturated heterocycles. The summed E-state index contributed by atoms with van der Waals surface area (Å²) < 4.78 is 36.5. The summed E-state index contributed by atoms with van der Waals surface area (Å²) in [6, 6.07) is 0. The van der Waals surface area contributed by atoms with Gasteiger partial charge in [-0.15, -0.1) is 0 Å².